The Morgan fingerprint density at radius 3 is 2.50 bits per heavy atom. The first-order valence-corrected chi connectivity index (χ1v) is 8.86. The Morgan fingerprint density at radius 2 is 1.83 bits per heavy atom. The molecule has 0 aliphatic heterocycles. The second-order valence-electron chi connectivity index (χ2n) is 4.52. The summed E-state index contributed by atoms with van der Waals surface area (Å²) in [7, 11) is 0. The molecule has 9 heteroatoms. The largest absolute Gasteiger partial charge is 0.508 e. The van der Waals surface area contributed by atoms with E-state index in [0.29, 0.717) is 14.7 Å². The number of aromatic hydroxyl groups is 2. The third-order valence-electron chi connectivity index (χ3n) is 2.71. The summed E-state index contributed by atoms with van der Waals surface area (Å²) in [5.74, 6) is -0.0748. The summed E-state index contributed by atoms with van der Waals surface area (Å²) >= 11 is 10.0. The number of halogens is 3. The molecule has 0 heterocycles. The van der Waals surface area contributed by atoms with E-state index in [4.69, 9.17) is 4.74 Å². The SMILES string of the molecule is O=C(COc1c(Br)cc(Br)cc1Br)N/N=C\c1cc(O)ccc1O. The van der Waals surface area contributed by atoms with Gasteiger partial charge >= 0.3 is 0 Å². The minimum absolute atomic E-state index is 0.0196. The van der Waals surface area contributed by atoms with Gasteiger partial charge in [0.25, 0.3) is 5.91 Å². The topological polar surface area (TPSA) is 91.2 Å². The molecule has 0 saturated heterocycles. The molecule has 2 aromatic rings. The van der Waals surface area contributed by atoms with E-state index in [9.17, 15) is 15.0 Å². The fourth-order valence-electron chi connectivity index (χ4n) is 1.66. The third kappa shape index (κ3) is 5.22. The molecule has 0 radical (unpaired) electrons. The van der Waals surface area contributed by atoms with Crippen molar-refractivity contribution in [3.8, 4) is 17.2 Å². The van der Waals surface area contributed by atoms with Crippen LogP contribution in [0.4, 0.5) is 0 Å². The number of nitrogens with one attached hydrogen (secondary N) is 1. The molecule has 0 aliphatic carbocycles. The molecule has 0 unspecified atom stereocenters. The van der Waals surface area contributed by atoms with Crippen LogP contribution in [0.25, 0.3) is 0 Å². The number of nitrogens with zero attached hydrogens (tertiary/aromatic N) is 1. The van der Waals surface area contributed by atoms with Crippen LogP contribution < -0.4 is 10.2 Å². The first-order chi connectivity index (χ1) is 11.4. The van der Waals surface area contributed by atoms with E-state index in [0.717, 1.165) is 4.47 Å². The number of rotatable bonds is 5. The molecule has 2 aromatic carbocycles. The van der Waals surface area contributed by atoms with Crippen LogP contribution in [0.5, 0.6) is 17.2 Å². The van der Waals surface area contributed by atoms with E-state index in [-0.39, 0.29) is 23.7 Å². The molecule has 6 nitrogen and oxygen atoms in total. The number of benzene rings is 2. The van der Waals surface area contributed by atoms with Crippen LogP contribution in [0.15, 0.2) is 48.9 Å². The number of phenols is 2. The predicted octanol–water partition coefficient (Wildman–Crippen LogP) is 3.91. The number of ether oxygens (including phenoxy) is 1. The highest BCUT2D eigenvalue weighted by atomic mass is 79.9. The zero-order chi connectivity index (χ0) is 17.7. The maximum absolute atomic E-state index is 11.7. The average molecular weight is 523 g/mol. The number of hydrazone groups is 1. The van der Waals surface area contributed by atoms with Crippen LogP contribution >= 0.6 is 47.8 Å². The Hall–Kier alpha value is -1.58. The Balaban J connectivity index is 1.92. The van der Waals surface area contributed by atoms with Crippen LogP contribution in [0, 0.1) is 0 Å². The zero-order valence-electron chi connectivity index (χ0n) is 12.0. The molecule has 0 bridgehead atoms. The highest BCUT2D eigenvalue weighted by Crippen LogP contribution is 2.36. The van der Waals surface area contributed by atoms with Gasteiger partial charge in [-0.25, -0.2) is 5.43 Å². The first-order valence-electron chi connectivity index (χ1n) is 6.48. The summed E-state index contributed by atoms with van der Waals surface area (Å²) in [6.07, 6.45) is 1.22. The standard InChI is InChI=1S/C15H11Br3N2O4/c16-9-4-11(17)15(12(18)5-9)24-7-14(23)20-19-6-8-3-10(21)1-2-13(8)22/h1-6,21-22H,7H2,(H,20,23)/b19-6-. The van der Waals surface area contributed by atoms with Gasteiger partial charge in [0.1, 0.15) is 17.2 Å². The van der Waals surface area contributed by atoms with Gasteiger partial charge in [-0.15, -0.1) is 0 Å². The summed E-state index contributed by atoms with van der Waals surface area (Å²) in [6, 6.07) is 7.57. The molecule has 0 aliphatic rings. The number of carbonyl (C=O) groups excluding carboxylic acids is 1. The molecular weight excluding hydrogens is 512 g/mol. The summed E-state index contributed by atoms with van der Waals surface area (Å²) < 4.78 is 7.67. The quantitative estimate of drug-likeness (QED) is 0.315. The number of amides is 1. The van der Waals surface area contributed by atoms with Gasteiger partial charge in [0, 0.05) is 10.0 Å². The van der Waals surface area contributed by atoms with Crippen molar-refractivity contribution in [2.75, 3.05) is 6.61 Å². The number of phenolic OH excluding ortho intramolecular Hbond substituents is 2. The van der Waals surface area contributed by atoms with Crippen LogP contribution in [0.3, 0.4) is 0 Å². The van der Waals surface area contributed by atoms with Crippen molar-refractivity contribution in [1.82, 2.24) is 5.43 Å². The predicted molar refractivity (Wildman–Crippen MR) is 101 cm³/mol. The van der Waals surface area contributed by atoms with Crippen molar-refractivity contribution < 1.29 is 19.7 Å². The van der Waals surface area contributed by atoms with Crippen molar-refractivity contribution in [1.29, 1.82) is 0 Å². The monoisotopic (exact) mass is 520 g/mol. The van der Waals surface area contributed by atoms with Crippen LogP contribution in [0.2, 0.25) is 0 Å². The Labute approximate surface area is 162 Å². The van der Waals surface area contributed by atoms with E-state index in [1.807, 2.05) is 0 Å². The second-order valence-corrected chi connectivity index (χ2v) is 7.15. The fourth-order valence-corrected chi connectivity index (χ4v) is 4.14. The van der Waals surface area contributed by atoms with Crippen LogP contribution in [-0.2, 0) is 4.79 Å². The molecular formula is C15H11Br3N2O4. The molecule has 0 atom stereocenters. The molecule has 0 spiro atoms. The molecule has 3 N–H and O–H groups in total. The smallest absolute Gasteiger partial charge is 0.277 e. The van der Waals surface area contributed by atoms with Gasteiger partial charge in [-0.3, -0.25) is 4.79 Å². The zero-order valence-corrected chi connectivity index (χ0v) is 16.7. The van der Waals surface area contributed by atoms with Crippen molar-refractivity contribution >= 4 is 59.9 Å². The second kappa shape index (κ2) is 8.50. The molecule has 0 aromatic heterocycles. The molecule has 0 fully saturated rings. The van der Waals surface area contributed by atoms with Gasteiger partial charge in [-0.1, -0.05) is 15.9 Å². The third-order valence-corrected chi connectivity index (χ3v) is 4.35. The van der Waals surface area contributed by atoms with Gasteiger partial charge in [0.05, 0.1) is 15.2 Å². The summed E-state index contributed by atoms with van der Waals surface area (Å²) in [6.45, 7) is -0.248. The van der Waals surface area contributed by atoms with E-state index in [1.165, 1.54) is 24.4 Å². The highest BCUT2D eigenvalue weighted by molar-refractivity contribution is 9.11. The summed E-state index contributed by atoms with van der Waals surface area (Å²) in [4.78, 5) is 11.7. The van der Waals surface area contributed by atoms with Crippen molar-refractivity contribution in [3.05, 3.63) is 49.3 Å². The lowest BCUT2D eigenvalue weighted by atomic mass is 10.2. The molecule has 1 amide bonds. The molecule has 126 valence electrons. The van der Waals surface area contributed by atoms with Crippen molar-refractivity contribution in [3.63, 3.8) is 0 Å². The van der Waals surface area contributed by atoms with E-state index >= 15 is 0 Å². The minimum Gasteiger partial charge on any atom is -0.508 e. The Bertz CT molecular complexity index is 773. The normalized spacial score (nSPS) is 10.8. The number of hydrogen-bond acceptors (Lipinski definition) is 5. The minimum atomic E-state index is -0.479. The maximum Gasteiger partial charge on any atom is 0.277 e. The van der Waals surface area contributed by atoms with Gasteiger partial charge in [-0.2, -0.15) is 5.10 Å². The van der Waals surface area contributed by atoms with Crippen molar-refractivity contribution in [2.24, 2.45) is 5.10 Å². The summed E-state index contributed by atoms with van der Waals surface area (Å²) in [5.41, 5.74) is 2.54. The number of hydrogen-bond donors (Lipinski definition) is 3. The van der Waals surface area contributed by atoms with Gasteiger partial charge in [-0.05, 0) is 62.2 Å². The fraction of sp³-hybridized carbons (Fsp3) is 0.0667. The van der Waals surface area contributed by atoms with E-state index in [1.54, 1.807) is 12.1 Å². The van der Waals surface area contributed by atoms with E-state index < -0.39 is 5.91 Å². The molecule has 2 rings (SSSR count). The van der Waals surface area contributed by atoms with Crippen LogP contribution in [-0.4, -0.2) is 28.9 Å². The van der Waals surface area contributed by atoms with Gasteiger partial charge in [0.15, 0.2) is 6.61 Å². The lowest BCUT2D eigenvalue weighted by molar-refractivity contribution is -0.123. The molecule has 24 heavy (non-hydrogen) atoms. The van der Waals surface area contributed by atoms with Gasteiger partial charge < -0.3 is 14.9 Å². The summed E-state index contributed by atoms with van der Waals surface area (Å²) in [5, 5.41) is 22.6. The van der Waals surface area contributed by atoms with E-state index in [2.05, 4.69) is 58.3 Å². The number of carbonyl (C=O) groups is 1. The lowest BCUT2D eigenvalue weighted by Gasteiger charge is -2.09. The van der Waals surface area contributed by atoms with Crippen molar-refractivity contribution in [2.45, 2.75) is 0 Å². The van der Waals surface area contributed by atoms with Gasteiger partial charge in [0.2, 0.25) is 0 Å². The maximum atomic E-state index is 11.7. The average Bonchev–Trinajstić information content (AvgIpc) is 2.49. The van der Waals surface area contributed by atoms with Crippen LogP contribution in [0.1, 0.15) is 5.56 Å². The first kappa shape index (κ1) is 18.8. The Kier molecular flexibility index (Phi) is 6.64. The lowest BCUT2D eigenvalue weighted by Crippen LogP contribution is -2.24. The highest BCUT2D eigenvalue weighted by Gasteiger charge is 2.10. The Morgan fingerprint density at radius 1 is 1.17 bits per heavy atom. The molecule has 0 saturated carbocycles.